The number of rotatable bonds is 5. The third-order valence-corrected chi connectivity index (χ3v) is 4.99. The Morgan fingerprint density at radius 3 is 2.59 bits per heavy atom. The number of amides is 1. The molecule has 1 unspecified atom stereocenters. The first-order chi connectivity index (χ1) is 13.8. The van der Waals surface area contributed by atoms with Gasteiger partial charge in [0.15, 0.2) is 11.7 Å². The molecule has 146 valence electrons. The number of benzene rings is 1. The van der Waals surface area contributed by atoms with Crippen LogP contribution in [0.25, 0.3) is 5.69 Å². The quantitative estimate of drug-likeness (QED) is 0.470. The van der Waals surface area contributed by atoms with Crippen molar-refractivity contribution in [1.82, 2.24) is 9.55 Å². The fourth-order valence-corrected chi connectivity index (χ4v) is 3.54. The highest BCUT2D eigenvalue weighted by Gasteiger charge is 2.31. The summed E-state index contributed by atoms with van der Waals surface area (Å²) in [5.74, 6) is -2.86. The summed E-state index contributed by atoms with van der Waals surface area (Å²) in [6.45, 7) is 3.60. The van der Waals surface area contributed by atoms with E-state index in [1.54, 1.807) is 43.6 Å². The first-order valence-corrected chi connectivity index (χ1v) is 9.38. The van der Waals surface area contributed by atoms with Gasteiger partial charge in [0.25, 0.3) is 0 Å². The molecule has 0 saturated carbocycles. The molecule has 0 bridgehead atoms. The minimum atomic E-state index is -1.52. The molecule has 29 heavy (non-hydrogen) atoms. The van der Waals surface area contributed by atoms with Crippen LogP contribution >= 0.6 is 23.2 Å². The number of ketones is 1. The summed E-state index contributed by atoms with van der Waals surface area (Å²) < 4.78 is 1.85. The van der Waals surface area contributed by atoms with E-state index in [-0.39, 0.29) is 10.7 Å². The maximum Gasteiger partial charge on any atom is 0.249 e. The van der Waals surface area contributed by atoms with E-state index in [4.69, 9.17) is 23.2 Å². The predicted octanol–water partition coefficient (Wildman–Crippen LogP) is 4.76. The highest BCUT2D eigenvalue weighted by atomic mass is 35.5. The van der Waals surface area contributed by atoms with Crippen LogP contribution in [0.5, 0.6) is 0 Å². The highest BCUT2D eigenvalue weighted by Crippen LogP contribution is 2.27. The molecule has 0 saturated heterocycles. The fraction of sp³-hybridized carbons (Fsp3) is 0.143. The van der Waals surface area contributed by atoms with E-state index in [1.807, 2.05) is 17.6 Å². The van der Waals surface area contributed by atoms with Crippen LogP contribution in [0.1, 0.15) is 21.7 Å². The smallest absolute Gasteiger partial charge is 0.249 e. The minimum absolute atomic E-state index is 0.213. The lowest BCUT2D eigenvalue weighted by Gasteiger charge is -2.12. The second-order valence-corrected chi connectivity index (χ2v) is 7.21. The average molecular weight is 427 g/mol. The lowest BCUT2D eigenvalue weighted by Crippen LogP contribution is -2.29. The second-order valence-electron chi connectivity index (χ2n) is 6.37. The van der Waals surface area contributed by atoms with Gasteiger partial charge in [-0.1, -0.05) is 23.2 Å². The molecule has 1 amide bonds. The van der Waals surface area contributed by atoms with Crippen molar-refractivity contribution in [2.45, 2.75) is 13.8 Å². The molecule has 0 radical (unpaired) electrons. The van der Waals surface area contributed by atoms with Gasteiger partial charge in [-0.2, -0.15) is 5.26 Å². The number of Topliss-reactive ketones (excluding diaryl/α,β-unsaturated/α-hetero) is 1. The van der Waals surface area contributed by atoms with Crippen molar-refractivity contribution in [3.63, 3.8) is 0 Å². The minimum Gasteiger partial charge on any atom is -0.323 e. The standard InChI is InChI=1S/C21H16Cl2N4O2/c1-12-8-16(13(2)27(12)15-4-3-7-25-11-15)20(28)17(10-24)21(29)26-19-6-5-14(22)9-18(19)23/h3-9,11,17H,1-2H3,(H,26,29). The van der Waals surface area contributed by atoms with Gasteiger partial charge in [0.1, 0.15) is 0 Å². The Labute approximate surface area is 177 Å². The number of pyridine rings is 1. The summed E-state index contributed by atoms with van der Waals surface area (Å²) in [4.78, 5) is 29.7. The zero-order valence-electron chi connectivity index (χ0n) is 15.6. The van der Waals surface area contributed by atoms with Crippen LogP contribution in [0.2, 0.25) is 10.0 Å². The van der Waals surface area contributed by atoms with Gasteiger partial charge in [-0.25, -0.2) is 0 Å². The summed E-state index contributed by atoms with van der Waals surface area (Å²) in [6, 6.07) is 11.6. The Morgan fingerprint density at radius 1 is 1.21 bits per heavy atom. The van der Waals surface area contributed by atoms with Crippen molar-refractivity contribution in [3.05, 3.63) is 75.8 Å². The van der Waals surface area contributed by atoms with Crippen molar-refractivity contribution >= 4 is 40.6 Å². The number of carbonyl (C=O) groups excluding carboxylic acids is 2. The van der Waals surface area contributed by atoms with E-state index in [1.165, 1.54) is 12.1 Å². The molecule has 0 spiro atoms. The number of nitrogens with one attached hydrogen (secondary N) is 1. The second kappa shape index (κ2) is 8.48. The molecule has 1 N–H and O–H groups in total. The van der Waals surface area contributed by atoms with E-state index in [2.05, 4.69) is 10.3 Å². The summed E-state index contributed by atoms with van der Waals surface area (Å²) in [5, 5.41) is 12.6. The van der Waals surface area contributed by atoms with Crippen molar-refractivity contribution in [2.24, 2.45) is 5.92 Å². The fourth-order valence-electron chi connectivity index (χ4n) is 3.08. The first-order valence-electron chi connectivity index (χ1n) is 8.62. The van der Waals surface area contributed by atoms with Crippen molar-refractivity contribution in [1.29, 1.82) is 5.26 Å². The summed E-state index contributed by atoms with van der Waals surface area (Å²) in [7, 11) is 0. The molecule has 8 heteroatoms. The summed E-state index contributed by atoms with van der Waals surface area (Å²) in [6.07, 6.45) is 3.33. The van der Waals surface area contributed by atoms with Gasteiger partial charge in [0.05, 0.1) is 28.7 Å². The topological polar surface area (TPSA) is 87.8 Å². The highest BCUT2D eigenvalue weighted by molar-refractivity contribution is 6.36. The molecule has 0 aliphatic rings. The van der Waals surface area contributed by atoms with Crippen LogP contribution < -0.4 is 5.32 Å². The van der Waals surface area contributed by atoms with Crippen LogP contribution in [-0.4, -0.2) is 21.2 Å². The van der Waals surface area contributed by atoms with Gasteiger partial charge in [-0.05, 0) is 50.2 Å². The molecule has 2 heterocycles. The van der Waals surface area contributed by atoms with Gasteiger partial charge in [0, 0.05) is 28.2 Å². The number of hydrogen-bond acceptors (Lipinski definition) is 4. The Morgan fingerprint density at radius 2 is 1.97 bits per heavy atom. The lowest BCUT2D eigenvalue weighted by atomic mass is 9.98. The number of aromatic nitrogens is 2. The number of nitriles is 1. The molecular weight excluding hydrogens is 411 g/mol. The number of aryl methyl sites for hydroxylation is 1. The average Bonchev–Trinajstić information content (AvgIpc) is 2.99. The van der Waals surface area contributed by atoms with Gasteiger partial charge in [-0.15, -0.1) is 0 Å². The predicted molar refractivity (Wildman–Crippen MR) is 112 cm³/mol. The van der Waals surface area contributed by atoms with Crippen molar-refractivity contribution < 1.29 is 9.59 Å². The Hall–Kier alpha value is -3.14. The van der Waals surface area contributed by atoms with Gasteiger partial charge in [-0.3, -0.25) is 14.6 Å². The molecule has 0 fully saturated rings. The number of anilines is 1. The van der Waals surface area contributed by atoms with Crippen LogP contribution in [0.15, 0.2) is 48.8 Å². The number of hydrogen-bond donors (Lipinski definition) is 1. The zero-order chi connectivity index (χ0) is 21.1. The van der Waals surface area contributed by atoms with Gasteiger partial charge < -0.3 is 9.88 Å². The largest absolute Gasteiger partial charge is 0.323 e. The van der Waals surface area contributed by atoms with E-state index in [9.17, 15) is 14.9 Å². The molecule has 1 atom stereocenters. The number of nitrogens with zero attached hydrogens (tertiary/aromatic N) is 3. The van der Waals surface area contributed by atoms with E-state index < -0.39 is 17.6 Å². The number of halogens is 2. The third kappa shape index (κ3) is 4.16. The first kappa shape index (κ1) is 20.6. The van der Waals surface area contributed by atoms with Crippen molar-refractivity contribution in [2.75, 3.05) is 5.32 Å². The summed E-state index contributed by atoms with van der Waals surface area (Å²) in [5.41, 5.74) is 2.77. The molecular formula is C21H16Cl2N4O2. The SMILES string of the molecule is Cc1cc(C(=O)C(C#N)C(=O)Nc2ccc(Cl)cc2Cl)c(C)n1-c1cccnc1. The third-order valence-electron chi connectivity index (χ3n) is 4.44. The summed E-state index contributed by atoms with van der Waals surface area (Å²) >= 11 is 11.9. The van der Waals surface area contributed by atoms with Crippen LogP contribution in [-0.2, 0) is 4.79 Å². The van der Waals surface area contributed by atoms with Crippen LogP contribution in [0, 0.1) is 31.1 Å². The van der Waals surface area contributed by atoms with E-state index in [0.29, 0.717) is 16.3 Å². The lowest BCUT2D eigenvalue weighted by molar-refractivity contribution is -0.117. The molecule has 3 rings (SSSR count). The van der Waals surface area contributed by atoms with Crippen LogP contribution in [0.3, 0.4) is 0 Å². The Bertz CT molecular complexity index is 1130. The molecule has 6 nitrogen and oxygen atoms in total. The number of carbonyl (C=O) groups is 2. The van der Waals surface area contributed by atoms with Crippen LogP contribution in [0.4, 0.5) is 5.69 Å². The molecule has 0 aliphatic carbocycles. The monoisotopic (exact) mass is 426 g/mol. The van der Waals surface area contributed by atoms with Gasteiger partial charge in [0.2, 0.25) is 5.91 Å². The van der Waals surface area contributed by atoms with E-state index in [0.717, 1.165) is 11.4 Å². The molecule has 1 aromatic carbocycles. The van der Waals surface area contributed by atoms with E-state index >= 15 is 0 Å². The maximum absolute atomic E-state index is 13.0. The maximum atomic E-state index is 13.0. The Balaban J connectivity index is 1.90. The molecule has 2 aromatic heterocycles. The van der Waals surface area contributed by atoms with Gasteiger partial charge >= 0.3 is 0 Å². The molecule has 3 aromatic rings. The normalized spacial score (nSPS) is 11.6. The zero-order valence-corrected chi connectivity index (χ0v) is 17.1. The molecule has 0 aliphatic heterocycles. The van der Waals surface area contributed by atoms with Crippen molar-refractivity contribution in [3.8, 4) is 11.8 Å². The Kier molecular flexibility index (Phi) is 6.02.